The van der Waals surface area contributed by atoms with Gasteiger partial charge >= 0.3 is 6.03 Å². The maximum atomic E-state index is 13.5. The number of hydrogen-bond donors (Lipinski definition) is 1. The number of hydrogen-bond acceptors (Lipinski definition) is 8. The lowest BCUT2D eigenvalue weighted by Crippen LogP contribution is -2.52. The molecule has 12 nitrogen and oxygen atoms in total. The molecule has 0 spiro atoms. The molecular weight excluding hydrogens is 564 g/mol. The van der Waals surface area contributed by atoms with Gasteiger partial charge in [0.2, 0.25) is 10.0 Å². The lowest BCUT2D eigenvalue weighted by Gasteiger charge is -2.38. The Kier molecular flexibility index (Phi) is 6.62. The molecule has 3 aromatic rings. The summed E-state index contributed by atoms with van der Waals surface area (Å²) in [6.45, 7) is 10.8. The second-order valence-electron chi connectivity index (χ2n) is 10.3. The van der Waals surface area contributed by atoms with E-state index in [4.69, 9.17) is 6.57 Å². The number of sulfonamides is 1. The lowest BCUT2D eigenvalue weighted by atomic mass is 10.1. The average Bonchev–Trinajstić information content (AvgIpc) is 3.33. The molecule has 4 heterocycles. The highest BCUT2D eigenvalue weighted by Crippen LogP contribution is 2.41. The number of nitrogens with zero attached hydrogens (tertiary/aromatic N) is 8. The van der Waals surface area contributed by atoms with Gasteiger partial charge in [-0.1, -0.05) is 11.3 Å². The normalized spacial score (nSPS) is 19.0. The maximum Gasteiger partial charge on any atom is 0.320 e. The van der Waals surface area contributed by atoms with E-state index in [2.05, 4.69) is 24.9 Å². The molecular formula is C24H27F2N9O3S2. The van der Waals surface area contributed by atoms with Crippen LogP contribution < -0.4 is 9.62 Å². The van der Waals surface area contributed by atoms with Crippen molar-refractivity contribution in [1.82, 2.24) is 34.5 Å². The fourth-order valence-corrected chi connectivity index (χ4v) is 7.36. The molecule has 1 aliphatic carbocycles. The maximum absolute atomic E-state index is 13.5. The van der Waals surface area contributed by atoms with E-state index in [1.165, 1.54) is 6.07 Å². The highest BCUT2D eigenvalue weighted by atomic mass is 32.2. The molecule has 0 atom stereocenters. The number of carbonyl (C=O) groups excluding carboxylic acids is 1. The van der Waals surface area contributed by atoms with E-state index in [1.807, 2.05) is 14.7 Å². The molecule has 2 amide bonds. The zero-order valence-electron chi connectivity index (χ0n) is 21.7. The predicted octanol–water partition coefficient (Wildman–Crippen LogP) is 3.05. The van der Waals surface area contributed by atoms with Gasteiger partial charge in [0.1, 0.15) is 5.69 Å². The number of aryl methyl sites for hydroxylation is 1. The molecule has 0 unspecified atom stereocenters. The molecule has 6 rings (SSSR count). The van der Waals surface area contributed by atoms with Crippen molar-refractivity contribution in [3.05, 3.63) is 28.6 Å². The standard InChI is InChI=1S/C24H27F2N9O3S2/c1-27-24(5-6-24)31-40(37,38)15-13-16-18(21-28-29-22(39-21)20(25)26)30-32(2)19(16)17(14-15)33-9-11-35(12-10-33)23(36)34-7-3-4-8-34/h13-14,20,31H,3-12H2,2H3. The van der Waals surface area contributed by atoms with E-state index in [9.17, 15) is 22.0 Å². The van der Waals surface area contributed by atoms with Gasteiger partial charge in [-0.3, -0.25) is 9.53 Å². The van der Waals surface area contributed by atoms with E-state index in [0.29, 0.717) is 66.9 Å². The molecule has 212 valence electrons. The number of fused-ring (bicyclic) bond motifs is 1. The molecule has 1 N–H and O–H groups in total. The van der Waals surface area contributed by atoms with Crippen LogP contribution in [0.4, 0.5) is 19.3 Å². The number of amides is 2. The fourth-order valence-electron chi connectivity index (χ4n) is 5.25. The molecule has 2 saturated heterocycles. The van der Waals surface area contributed by atoms with E-state index in [1.54, 1.807) is 17.8 Å². The summed E-state index contributed by atoms with van der Waals surface area (Å²) in [5.41, 5.74) is 0.292. The van der Waals surface area contributed by atoms with Gasteiger partial charge in [-0.25, -0.2) is 28.6 Å². The van der Waals surface area contributed by atoms with Gasteiger partial charge < -0.3 is 14.7 Å². The van der Waals surface area contributed by atoms with Crippen LogP contribution >= 0.6 is 11.3 Å². The molecule has 3 aliphatic rings. The quantitative estimate of drug-likeness (QED) is 0.438. The molecule has 2 aliphatic heterocycles. The molecule has 0 bridgehead atoms. The first-order valence-electron chi connectivity index (χ1n) is 12.9. The summed E-state index contributed by atoms with van der Waals surface area (Å²) in [5, 5.41) is 12.1. The van der Waals surface area contributed by atoms with Crippen LogP contribution in [0.1, 0.15) is 37.1 Å². The molecule has 1 aromatic carbocycles. The number of halogens is 2. The summed E-state index contributed by atoms with van der Waals surface area (Å²) in [7, 11) is -2.41. The number of rotatable bonds is 6. The predicted molar refractivity (Wildman–Crippen MR) is 143 cm³/mol. The van der Waals surface area contributed by atoms with Crippen molar-refractivity contribution in [2.24, 2.45) is 7.05 Å². The zero-order chi connectivity index (χ0) is 28.2. The van der Waals surface area contributed by atoms with E-state index < -0.39 is 27.1 Å². The number of anilines is 1. The van der Waals surface area contributed by atoms with Gasteiger partial charge in [-0.15, -0.1) is 14.9 Å². The van der Waals surface area contributed by atoms with Gasteiger partial charge in [-0.2, -0.15) is 5.10 Å². The van der Waals surface area contributed by atoms with Crippen LogP contribution in [0.15, 0.2) is 17.0 Å². The number of benzene rings is 1. The molecule has 1 saturated carbocycles. The van der Waals surface area contributed by atoms with Crippen molar-refractivity contribution in [2.45, 2.75) is 42.7 Å². The molecule has 16 heteroatoms. The first-order chi connectivity index (χ1) is 19.1. The van der Waals surface area contributed by atoms with Gasteiger partial charge in [0, 0.05) is 51.7 Å². The largest absolute Gasteiger partial charge is 0.366 e. The summed E-state index contributed by atoms with van der Waals surface area (Å²) in [5.74, 6) is 0. The highest BCUT2D eigenvalue weighted by Gasteiger charge is 2.54. The summed E-state index contributed by atoms with van der Waals surface area (Å²) in [6, 6.07) is 3.02. The Morgan fingerprint density at radius 2 is 1.77 bits per heavy atom. The Labute approximate surface area is 233 Å². The number of piperazine rings is 1. The lowest BCUT2D eigenvalue weighted by molar-refractivity contribution is 0.150. The van der Waals surface area contributed by atoms with E-state index in [-0.39, 0.29) is 21.6 Å². The van der Waals surface area contributed by atoms with Crippen molar-refractivity contribution in [2.75, 3.05) is 44.2 Å². The third-order valence-electron chi connectivity index (χ3n) is 7.56. The minimum Gasteiger partial charge on any atom is -0.366 e. The Balaban J connectivity index is 1.40. The van der Waals surface area contributed by atoms with Crippen molar-refractivity contribution in [3.8, 4) is 10.7 Å². The highest BCUT2D eigenvalue weighted by molar-refractivity contribution is 7.89. The summed E-state index contributed by atoms with van der Waals surface area (Å²) >= 11 is 0.701. The molecule has 3 fully saturated rings. The molecule has 0 radical (unpaired) electrons. The third-order valence-corrected chi connectivity index (χ3v) is 10.0. The number of alkyl halides is 2. The van der Waals surface area contributed by atoms with Crippen molar-refractivity contribution < 1.29 is 22.0 Å². The average molecular weight is 592 g/mol. The van der Waals surface area contributed by atoms with Gasteiger partial charge in [0.25, 0.3) is 12.1 Å². The number of aromatic nitrogens is 4. The number of nitrogens with one attached hydrogen (secondary N) is 1. The van der Waals surface area contributed by atoms with Crippen LogP contribution in [0.2, 0.25) is 0 Å². The van der Waals surface area contributed by atoms with Gasteiger partial charge in [0.15, 0.2) is 10.0 Å². The SMILES string of the molecule is [C-]#[N+]C1(NS(=O)(=O)c2cc(N3CCN(C(=O)N4CCCC4)CC3)c3c(c2)c(-c2nnc(C(F)F)s2)nn3C)CC1. The summed E-state index contributed by atoms with van der Waals surface area (Å²) in [4.78, 5) is 22.0. The Morgan fingerprint density at radius 3 is 2.38 bits per heavy atom. The summed E-state index contributed by atoms with van der Waals surface area (Å²) in [6.07, 6.45) is 0.0717. The topological polar surface area (TPSA) is 121 Å². The Hall–Kier alpha value is -3.42. The molecule has 2 aromatic heterocycles. The van der Waals surface area contributed by atoms with Gasteiger partial charge in [0.05, 0.1) is 28.9 Å². The summed E-state index contributed by atoms with van der Waals surface area (Å²) < 4.78 is 57.6. The van der Waals surface area contributed by atoms with E-state index in [0.717, 1.165) is 25.9 Å². The van der Waals surface area contributed by atoms with Crippen LogP contribution in [-0.2, 0) is 17.1 Å². The van der Waals surface area contributed by atoms with Crippen LogP contribution in [-0.4, -0.2) is 89.2 Å². The Bertz CT molecular complexity index is 1610. The first-order valence-corrected chi connectivity index (χ1v) is 15.2. The van der Waals surface area contributed by atoms with E-state index >= 15 is 0 Å². The minimum atomic E-state index is -4.10. The Morgan fingerprint density at radius 1 is 1.10 bits per heavy atom. The molecule has 40 heavy (non-hydrogen) atoms. The van der Waals surface area contributed by atoms with Crippen LogP contribution in [0.5, 0.6) is 0 Å². The van der Waals surface area contributed by atoms with Crippen LogP contribution in [0.3, 0.4) is 0 Å². The van der Waals surface area contributed by atoms with Crippen LogP contribution in [0, 0.1) is 6.57 Å². The minimum absolute atomic E-state index is 0.0191. The monoisotopic (exact) mass is 591 g/mol. The second-order valence-corrected chi connectivity index (χ2v) is 12.9. The fraction of sp³-hybridized carbons (Fsp3) is 0.542. The number of carbonyl (C=O) groups is 1. The number of urea groups is 1. The number of likely N-dealkylation sites (tertiary alicyclic amines) is 1. The van der Waals surface area contributed by atoms with Gasteiger partial charge in [-0.05, 0) is 25.0 Å². The van der Waals surface area contributed by atoms with Crippen molar-refractivity contribution >= 4 is 44.0 Å². The first kappa shape index (κ1) is 26.8. The second kappa shape index (κ2) is 9.89. The van der Waals surface area contributed by atoms with Crippen LogP contribution in [0.25, 0.3) is 26.4 Å². The third kappa shape index (κ3) is 4.75. The van der Waals surface area contributed by atoms with Crippen molar-refractivity contribution in [1.29, 1.82) is 0 Å². The van der Waals surface area contributed by atoms with Crippen molar-refractivity contribution in [3.63, 3.8) is 0 Å². The zero-order valence-corrected chi connectivity index (χ0v) is 23.3. The smallest absolute Gasteiger partial charge is 0.320 e.